The van der Waals surface area contributed by atoms with Gasteiger partial charge in [-0.25, -0.2) is 8.42 Å². The third-order valence-electron chi connectivity index (χ3n) is 3.39. The zero-order valence-corrected chi connectivity index (χ0v) is 12.9. The molecule has 0 fully saturated rings. The summed E-state index contributed by atoms with van der Waals surface area (Å²) in [6.07, 6.45) is 1.19. The Morgan fingerprint density at radius 3 is 2.40 bits per heavy atom. The fourth-order valence-electron chi connectivity index (χ4n) is 2.02. The molecule has 0 aliphatic rings. The first-order valence-corrected chi connectivity index (χ1v) is 8.73. The molecule has 0 bridgehead atoms. The molecule has 0 aliphatic carbocycles. The molecule has 0 saturated carbocycles. The van der Waals surface area contributed by atoms with Crippen LogP contribution in [0.3, 0.4) is 0 Å². The molecule has 20 heavy (non-hydrogen) atoms. The van der Waals surface area contributed by atoms with E-state index >= 15 is 0 Å². The predicted molar refractivity (Wildman–Crippen MR) is 82.5 cm³/mol. The second-order valence-corrected chi connectivity index (χ2v) is 7.62. The maximum atomic E-state index is 11.8. The first-order chi connectivity index (χ1) is 9.34. The normalized spacial score (nSPS) is 13.1. The third kappa shape index (κ3) is 5.74. The van der Waals surface area contributed by atoms with Crippen LogP contribution in [0.1, 0.15) is 44.6 Å². The largest absolute Gasteiger partial charge is 0.399 e. The van der Waals surface area contributed by atoms with Gasteiger partial charge in [-0.1, -0.05) is 26.0 Å². The van der Waals surface area contributed by atoms with Crippen LogP contribution in [-0.2, 0) is 14.6 Å². The minimum Gasteiger partial charge on any atom is -0.399 e. The average molecular weight is 297 g/mol. The van der Waals surface area contributed by atoms with E-state index in [9.17, 15) is 13.2 Å². The molecule has 0 spiro atoms. The van der Waals surface area contributed by atoms with E-state index in [1.807, 2.05) is 31.2 Å². The summed E-state index contributed by atoms with van der Waals surface area (Å²) in [5, 5.41) is 0. The molecule has 1 unspecified atom stereocenters. The van der Waals surface area contributed by atoms with Crippen molar-refractivity contribution in [3.8, 4) is 0 Å². The minimum atomic E-state index is -2.97. The minimum absolute atomic E-state index is 0.103. The zero-order chi connectivity index (χ0) is 15.2. The van der Waals surface area contributed by atoms with E-state index in [2.05, 4.69) is 0 Å². The third-order valence-corrected chi connectivity index (χ3v) is 5.18. The van der Waals surface area contributed by atoms with Crippen molar-refractivity contribution in [1.82, 2.24) is 0 Å². The van der Waals surface area contributed by atoms with E-state index in [1.165, 1.54) is 0 Å². The summed E-state index contributed by atoms with van der Waals surface area (Å²) in [6.45, 7) is 3.62. The number of hydrogen-bond donors (Lipinski definition) is 1. The molecule has 0 aromatic heterocycles. The van der Waals surface area contributed by atoms with Crippen molar-refractivity contribution in [3.05, 3.63) is 29.8 Å². The van der Waals surface area contributed by atoms with E-state index in [4.69, 9.17) is 5.73 Å². The number of benzene rings is 1. The maximum absolute atomic E-state index is 11.8. The fraction of sp³-hybridized carbons (Fsp3) is 0.533. The number of Topliss-reactive ketones (excluding diaryl/α,β-unsaturated/α-hetero) is 1. The molecule has 1 aromatic carbocycles. The van der Waals surface area contributed by atoms with Gasteiger partial charge in [0.1, 0.15) is 15.6 Å². The van der Waals surface area contributed by atoms with Gasteiger partial charge in [0.05, 0.1) is 5.75 Å². The number of carbonyl (C=O) groups is 1. The van der Waals surface area contributed by atoms with E-state index in [0.29, 0.717) is 24.9 Å². The number of carbonyl (C=O) groups excluding carboxylic acids is 1. The van der Waals surface area contributed by atoms with Crippen LogP contribution in [0.25, 0.3) is 0 Å². The predicted octanol–water partition coefficient (Wildman–Crippen LogP) is 2.55. The summed E-state index contributed by atoms with van der Waals surface area (Å²) in [4.78, 5) is 11.8. The molecule has 0 radical (unpaired) electrons. The van der Waals surface area contributed by atoms with Gasteiger partial charge in [0.2, 0.25) is 0 Å². The Labute approximate surface area is 121 Å². The number of nitrogens with two attached hydrogens (primary N) is 1. The van der Waals surface area contributed by atoms with Crippen molar-refractivity contribution >= 4 is 21.3 Å². The Balaban J connectivity index is 2.40. The van der Waals surface area contributed by atoms with Crippen molar-refractivity contribution in [2.45, 2.75) is 39.0 Å². The highest BCUT2D eigenvalue weighted by Gasteiger charge is 2.13. The smallest absolute Gasteiger partial charge is 0.150 e. The van der Waals surface area contributed by atoms with Crippen LogP contribution < -0.4 is 5.73 Å². The van der Waals surface area contributed by atoms with Crippen LogP contribution in [0, 0.1) is 0 Å². The van der Waals surface area contributed by atoms with Crippen molar-refractivity contribution in [1.29, 1.82) is 0 Å². The van der Waals surface area contributed by atoms with Gasteiger partial charge < -0.3 is 5.73 Å². The van der Waals surface area contributed by atoms with Crippen molar-refractivity contribution in [2.75, 3.05) is 17.2 Å². The molecule has 0 heterocycles. The van der Waals surface area contributed by atoms with E-state index < -0.39 is 9.84 Å². The first kappa shape index (κ1) is 16.7. The molecular formula is C15H23NO3S. The number of hydrogen-bond acceptors (Lipinski definition) is 4. The summed E-state index contributed by atoms with van der Waals surface area (Å²) in [5.74, 6) is 0.487. The van der Waals surface area contributed by atoms with Gasteiger partial charge in [0.15, 0.2) is 0 Å². The van der Waals surface area contributed by atoms with Gasteiger partial charge in [-0.2, -0.15) is 0 Å². The fourth-order valence-corrected chi connectivity index (χ4v) is 2.89. The molecule has 4 nitrogen and oxygen atoms in total. The Hall–Kier alpha value is -1.36. The SMILES string of the molecule is CCS(=O)(=O)CCCC(=O)CC(C)c1ccc(N)cc1. The van der Waals surface area contributed by atoms with E-state index in [-0.39, 0.29) is 23.2 Å². The van der Waals surface area contributed by atoms with Gasteiger partial charge >= 0.3 is 0 Å². The summed E-state index contributed by atoms with van der Waals surface area (Å²) in [6, 6.07) is 7.50. The van der Waals surface area contributed by atoms with Crippen molar-refractivity contribution in [2.24, 2.45) is 0 Å². The highest BCUT2D eigenvalue weighted by Crippen LogP contribution is 2.21. The molecule has 0 saturated heterocycles. The Morgan fingerprint density at radius 2 is 1.85 bits per heavy atom. The Bertz CT molecular complexity index is 535. The van der Waals surface area contributed by atoms with Gasteiger partial charge in [0.25, 0.3) is 0 Å². The number of nitrogen functional groups attached to an aromatic ring is 1. The highest BCUT2D eigenvalue weighted by atomic mass is 32.2. The second-order valence-electron chi connectivity index (χ2n) is 5.15. The molecule has 1 aromatic rings. The lowest BCUT2D eigenvalue weighted by Gasteiger charge is -2.11. The maximum Gasteiger partial charge on any atom is 0.150 e. The second kappa shape index (κ2) is 7.43. The molecule has 2 N–H and O–H groups in total. The lowest BCUT2D eigenvalue weighted by atomic mass is 9.94. The highest BCUT2D eigenvalue weighted by molar-refractivity contribution is 7.91. The molecular weight excluding hydrogens is 274 g/mol. The number of ketones is 1. The van der Waals surface area contributed by atoms with E-state index in [1.54, 1.807) is 6.92 Å². The number of anilines is 1. The quantitative estimate of drug-likeness (QED) is 0.748. The van der Waals surface area contributed by atoms with Crippen LogP contribution >= 0.6 is 0 Å². The van der Waals surface area contributed by atoms with Crippen molar-refractivity contribution < 1.29 is 13.2 Å². The van der Waals surface area contributed by atoms with Gasteiger partial charge in [-0.15, -0.1) is 0 Å². The molecule has 5 heteroatoms. The Kier molecular flexibility index (Phi) is 6.20. The van der Waals surface area contributed by atoms with Gasteiger partial charge in [-0.05, 0) is 30.0 Å². The van der Waals surface area contributed by atoms with Crippen LogP contribution in [0.2, 0.25) is 0 Å². The summed E-state index contributed by atoms with van der Waals surface area (Å²) < 4.78 is 22.7. The molecule has 0 aliphatic heterocycles. The standard InChI is InChI=1S/C15H23NO3S/c1-3-20(18,19)10-4-5-15(17)11-12(2)13-6-8-14(16)9-7-13/h6-9,12H,3-5,10-11,16H2,1-2H3. The van der Waals surface area contributed by atoms with Crippen LogP contribution in [0.5, 0.6) is 0 Å². The summed E-state index contributed by atoms with van der Waals surface area (Å²) in [5.41, 5.74) is 7.41. The van der Waals surface area contributed by atoms with Crippen LogP contribution in [-0.4, -0.2) is 25.7 Å². The van der Waals surface area contributed by atoms with Gasteiger partial charge in [0, 0.05) is 24.3 Å². The van der Waals surface area contributed by atoms with E-state index in [0.717, 1.165) is 5.56 Å². The lowest BCUT2D eigenvalue weighted by molar-refractivity contribution is -0.119. The lowest BCUT2D eigenvalue weighted by Crippen LogP contribution is -2.11. The monoisotopic (exact) mass is 297 g/mol. The van der Waals surface area contributed by atoms with Crippen LogP contribution in [0.4, 0.5) is 5.69 Å². The number of rotatable bonds is 8. The summed E-state index contributed by atoms with van der Waals surface area (Å²) in [7, 11) is -2.97. The Morgan fingerprint density at radius 1 is 1.25 bits per heavy atom. The molecule has 112 valence electrons. The van der Waals surface area contributed by atoms with Crippen molar-refractivity contribution in [3.63, 3.8) is 0 Å². The summed E-state index contributed by atoms with van der Waals surface area (Å²) >= 11 is 0. The zero-order valence-electron chi connectivity index (χ0n) is 12.1. The molecule has 1 rings (SSSR count). The first-order valence-electron chi connectivity index (χ1n) is 6.91. The number of sulfone groups is 1. The van der Waals surface area contributed by atoms with Crippen LogP contribution in [0.15, 0.2) is 24.3 Å². The topological polar surface area (TPSA) is 77.2 Å². The average Bonchev–Trinajstić information content (AvgIpc) is 2.39. The van der Waals surface area contributed by atoms with Gasteiger partial charge in [-0.3, -0.25) is 4.79 Å². The molecule has 0 amide bonds. The molecule has 1 atom stereocenters.